The summed E-state index contributed by atoms with van der Waals surface area (Å²) in [5, 5.41) is 0. The number of benzene rings is 4. The molecule has 0 unspecified atom stereocenters. The van der Waals surface area contributed by atoms with Crippen molar-refractivity contribution in [1.82, 2.24) is 0 Å². The van der Waals surface area contributed by atoms with Crippen LogP contribution in [0.2, 0.25) is 0 Å². The van der Waals surface area contributed by atoms with Crippen LogP contribution in [0.4, 0.5) is 0 Å². The van der Waals surface area contributed by atoms with E-state index in [4.69, 9.17) is 17.0 Å². The molecule has 0 nitrogen and oxygen atoms in total. The fourth-order valence-corrected chi connectivity index (χ4v) is 8.20. The van der Waals surface area contributed by atoms with E-state index in [1.807, 2.05) is 0 Å². The van der Waals surface area contributed by atoms with Crippen LogP contribution >= 0.6 is 17.0 Å². The second kappa shape index (κ2) is 13.6. The third-order valence-electron chi connectivity index (χ3n) is 10.8. The van der Waals surface area contributed by atoms with Crippen molar-refractivity contribution in [3.05, 3.63) is 122 Å². The summed E-state index contributed by atoms with van der Waals surface area (Å²) < 4.78 is 0. The van der Waals surface area contributed by atoms with Gasteiger partial charge in [0.25, 0.3) is 0 Å². The maximum absolute atomic E-state index is 4.93. The zero-order chi connectivity index (χ0) is 36.4. The summed E-state index contributed by atoms with van der Waals surface area (Å²) in [5.41, 5.74) is 24.0. The van der Waals surface area contributed by atoms with E-state index in [-0.39, 0.29) is 21.7 Å². The molecule has 0 saturated carbocycles. The Morgan fingerprint density at radius 2 is 0.980 bits per heavy atom. The van der Waals surface area contributed by atoms with Crippen LogP contribution < -0.4 is 0 Å². The van der Waals surface area contributed by atoms with Gasteiger partial charge in [0.15, 0.2) is 0 Å². The van der Waals surface area contributed by atoms with E-state index >= 15 is 0 Å². The van der Waals surface area contributed by atoms with Crippen LogP contribution in [0.15, 0.2) is 48.5 Å². The summed E-state index contributed by atoms with van der Waals surface area (Å²) in [6, 6.07) is 19.5. The first-order chi connectivity index (χ1) is 22.6. The van der Waals surface area contributed by atoms with Crippen LogP contribution in [0.1, 0.15) is 150 Å². The summed E-state index contributed by atoms with van der Waals surface area (Å²) >= 11 is -0.826. The van der Waals surface area contributed by atoms with Gasteiger partial charge in [-0.3, -0.25) is 0 Å². The zero-order valence-corrected chi connectivity index (χ0v) is 36.5. The predicted octanol–water partition coefficient (Wildman–Crippen LogP) is 13.8. The molecule has 4 aromatic carbocycles. The first kappa shape index (κ1) is 38.4. The fraction of sp³-hybridized carbons (Fsp3) is 0.457. The number of hydrogen-bond donors (Lipinski definition) is 0. The van der Waals surface area contributed by atoms with Crippen molar-refractivity contribution in [2.75, 3.05) is 0 Å². The van der Waals surface area contributed by atoms with E-state index in [0.717, 1.165) is 19.3 Å². The van der Waals surface area contributed by atoms with Crippen LogP contribution in [0.5, 0.6) is 0 Å². The number of rotatable bonds is 3. The minimum atomic E-state index is -0.826. The molecule has 0 aliphatic heterocycles. The van der Waals surface area contributed by atoms with E-state index in [0.29, 0.717) is 0 Å². The van der Waals surface area contributed by atoms with Gasteiger partial charge >= 0.3 is 37.9 Å². The molecule has 2 aliphatic rings. The second-order valence-electron chi connectivity index (χ2n) is 18.7. The van der Waals surface area contributed by atoms with Gasteiger partial charge in [-0.05, 0) is 104 Å². The summed E-state index contributed by atoms with van der Waals surface area (Å²) in [4.78, 5) is 0. The van der Waals surface area contributed by atoms with E-state index < -0.39 is 20.8 Å². The van der Waals surface area contributed by atoms with Gasteiger partial charge < -0.3 is 0 Å². The molecule has 0 amide bonds. The van der Waals surface area contributed by atoms with Crippen molar-refractivity contribution in [1.29, 1.82) is 0 Å². The van der Waals surface area contributed by atoms with Gasteiger partial charge in [0.1, 0.15) is 0 Å². The molecule has 0 atom stereocenters. The summed E-state index contributed by atoms with van der Waals surface area (Å²) in [5.74, 6) is 0. The van der Waals surface area contributed by atoms with Crippen molar-refractivity contribution in [3.63, 3.8) is 0 Å². The number of fused-ring (bicyclic) bond motifs is 6. The van der Waals surface area contributed by atoms with Gasteiger partial charge in [0, 0.05) is 0 Å². The van der Waals surface area contributed by atoms with Gasteiger partial charge in [0.05, 0.1) is 0 Å². The second-order valence-corrected chi connectivity index (χ2v) is 22.4. The first-order valence-corrected chi connectivity index (χ1v) is 24.3. The third kappa shape index (κ3) is 7.57. The van der Waals surface area contributed by atoms with E-state index in [9.17, 15) is 0 Å². The molecule has 6 rings (SSSR count). The predicted molar refractivity (Wildman–Crippen MR) is 212 cm³/mol. The standard InChI is InChI=1S/C46H57.2ClH.Zr/c1-27-21-39(45(9,10)11)35(37-25-29-23-31(43(3,4)5)15-17-33(29)41(27)37)19-20-36-38-26-30-24-32(44(6,7)8)16-18-34(30)42(38)28(2)22-40(36)46(12,13)14;;;/h15-19,21-24H,20,25-26H2,1-14H3;2*1H;/q-1;;;+2/p-2. The molecule has 0 fully saturated rings. The van der Waals surface area contributed by atoms with E-state index in [1.54, 1.807) is 11.1 Å². The van der Waals surface area contributed by atoms with Crippen molar-refractivity contribution in [3.8, 4) is 22.3 Å². The molecule has 2 aliphatic carbocycles. The van der Waals surface area contributed by atoms with E-state index in [1.165, 1.54) is 77.9 Å². The van der Waals surface area contributed by atoms with Gasteiger partial charge in [-0.1, -0.05) is 149 Å². The molecule has 4 aromatic rings. The molecule has 0 saturated heterocycles. The summed E-state index contributed by atoms with van der Waals surface area (Å²) in [6.45, 7) is 33.0. The average Bonchev–Trinajstić information content (AvgIpc) is 3.55. The van der Waals surface area contributed by atoms with Gasteiger partial charge in [-0.15, -0.1) is 17.2 Å². The monoisotopic (exact) mass is 769 g/mol. The molecule has 49 heavy (non-hydrogen) atoms. The van der Waals surface area contributed by atoms with Gasteiger partial charge in [-0.2, -0.15) is 12.0 Å². The van der Waals surface area contributed by atoms with Crippen LogP contribution in [-0.4, -0.2) is 0 Å². The molecule has 0 radical (unpaired) electrons. The first-order valence-electron chi connectivity index (χ1n) is 18.0. The third-order valence-corrected chi connectivity index (χ3v) is 10.8. The van der Waals surface area contributed by atoms with Gasteiger partial charge in [-0.25, -0.2) is 0 Å². The Labute approximate surface area is 317 Å². The topological polar surface area (TPSA) is 0 Å². The maximum atomic E-state index is 4.93. The summed E-state index contributed by atoms with van der Waals surface area (Å²) in [7, 11) is 9.87. The van der Waals surface area contributed by atoms with Crippen molar-refractivity contribution < 1.29 is 20.8 Å². The average molecular weight is 772 g/mol. The molecular formula is C46H57Cl2Zr-. The zero-order valence-electron chi connectivity index (χ0n) is 32.6. The number of halogens is 2. The Morgan fingerprint density at radius 1 is 0.571 bits per heavy atom. The van der Waals surface area contributed by atoms with Crippen molar-refractivity contribution in [2.45, 2.75) is 138 Å². The molecule has 260 valence electrons. The van der Waals surface area contributed by atoms with Crippen LogP contribution in [-0.2, 0) is 61.8 Å². The van der Waals surface area contributed by atoms with Crippen molar-refractivity contribution in [2.24, 2.45) is 0 Å². The summed E-state index contributed by atoms with van der Waals surface area (Å²) in [6.07, 6.45) is 5.63. The Morgan fingerprint density at radius 3 is 1.41 bits per heavy atom. The quantitative estimate of drug-likeness (QED) is 0.157. The Bertz CT molecular complexity index is 1760. The SMILES string of the molecule is Cc1cc(C(C)(C)C)c([CH-]Cc2c(C(C)(C)C)cc(C)c3c2Cc2cc(C(C)(C)C)ccc2-3)c2c1-c1ccc(C(C)(C)C)cc1C2.[Cl][Zr][Cl]. The van der Waals surface area contributed by atoms with Crippen LogP contribution in [0, 0.1) is 20.3 Å². The molecule has 0 heterocycles. The molecule has 0 N–H and O–H groups in total. The van der Waals surface area contributed by atoms with Gasteiger partial charge in [0.2, 0.25) is 0 Å². The van der Waals surface area contributed by atoms with E-state index in [2.05, 4.69) is 152 Å². The molecule has 3 heteroatoms. The Hall–Kier alpha value is -1.79. The Balaban J connectivity index is 0.00000151. The van der Waals surface area contributed by atoms with Crippen molar-refractivity contribution >= 4 is 17.0 Å². The number of hydrogen-bond acceptors (Lipinski definition) is 0. The van der Waals surface area contributed by atoms with Crippen LogP contribution in [0.25, 0.3) is 22.3 Å². The van der Waals surface area contributed by atoms with Crippen LogP contribution in [0.3, 0.4) is 0 Å². The molecule has 0 spiro atoms. The fourth-order valence-electron chi connectivity index (χ4n) is 8.20. The normalized spacial score (nSPS) is 13.6. The minimum absolute atomic E-state index is 0.0542. The molecular weight excluding hydrogens is 715 g/mol. The Kier molecular flexibility index (Phi) is 10.7. The molecule has 0 bridgehead atoms. The number of aryl methyl sites for hydroxylation is 2. The molecule has 0 aromatic heterocycles.